The molecule has 2 aromatic rings. The first-order valence-corrected chi connectivity index (χ1v) is 10.0. The lowest BCUT2D eigenvalue weighted by atomic mass is 10.1. The third kappa shape index (κ3) is 3.92. The minimum atomic E-state index is -0.0119. The highest BCUT2D eigenvalue weighted by atomic mass is 32.1. The third-order valence-electron chi connectivity index (χ3n) is 4.83. The summed E-state index contributed by atoms with van der Waals surface area (Å²) in [5, 5.41) is 4.19. The van der Waals surface area contributed by atoms with Crippen LogP contribution in [0.25, 0.3) is 11.1 Å². The Bertz CT molecular complexity index is 735. The van der Waals surface area contributed by atoms with Crippen molar-refractivity contribution in [1.82, 2.24) is 5.32 Å². The van der Waals surface area contributed by atoms with Crippen LogP contribution in [0, 0.1) is 0 Å². The van der Waals surface area contributed by atoms with Crippen molar-refractivity contribution >= 4 is 22.2 Å². The van der Waals surface area contributed by atoms with E-state index in [4.69, 9.17) is 9.47 Å². The van der Waals surface area contributed by atoms with Gasteiger partial charge in [0.15, 0.2) is 0 Å². The van der Waals surface area contributed by atoms with E-state index in [2.05, 4.69) is 22.3 Å². The number of carbonyl (C=O) groups excluding carboxylic acids is 1. The summed E-state index contributed by atoms with van der Waals surface area (Å²) in [6.07, 6.45) is 2.27. The number of benzene rings is 1. The van der Waals surface area contributed by atoms with E-state index in [0.717, 1.165) is 66.8 Å². The van der Waals surface area contributed by atoms with Crippen molar-refractivity contribution < 1.29 is 14.3 Å². The van der Waals surface area contributed by atoms with E-state index < -0.39 is 0 Å². The molecule has 0 saturated carbocycles. The Morgan fingerprint density at radius 1 is 1.19 bits per heavy atom. The second-order valence-corrected chi connectivity index (χ2v) is 7.67. The average molecular weight is 372 g/mol. The molecule has 2 aliphatic heterocycles. The van der Waals surface area contributed by atoms with Crippen molar-refractivity contribution in [3.63, 3.8) is 0 Å². The van der Waals surface area contributed by atoms with E-state index in [0.29, 0.717) is 6.54 Å². The van der Waals surface area contributed by atoms with Crippen LogP contribution >= 0.6 is 11.3 Å². The Kier molecular flexibility index (Phi) is 5.53. The number of morpholine rings is 1. The fourth-order valence-electron chi connectivity index (χ4n) is 3.42. The van der Waals surface area contributed by atoms with Crippen LogP contribution in [-0.2, 0) is 9.47 Å². The number of nitrogens with one attached hydrogen (secondary N) is 1. The molecule has 1 unspecified atom stereocenters. The van der Waals surface area contributed by atoms with Gasteiger partial charge in [-0.15, -0.1) is 11.3 Å². The van der Waals surface area contributed by atoms with E-state index in [9.17, 15) is 4.79 Å². The molecule has 138 valence electrons. The summed E-state index contributed by atoms with van der Waals surface area (Å²) >= 11 is 1.57. The summed E-state index contributed by atoms with van der Waals surface area (Å²) < 4.78 is 11.1. The summed E-state index contributed by atoms with van der Waals surface area (Å²) in [7, 11) is 0. The van der Waals surface area contributed by atoms with Gasteiger partial charge in [0.2, 0.25) is 0 Å². The zero-order valence-corrected chi connectivity index (χ0v) is 15.6. The average Bonchev–Trinajstić information content (AvgIpc) is 3.37. The lowest BCUT2D eigenvalue weighted by Gasteiger charge is -2.28. The molecule has 5 nitrogen and oxygen atoms in total. The molecule has 26 heavy (non-hydrogen) atoms. The minimum absolute atomic E-state index is 0.0119. The number of thiophene rings is 1. The monoisotopic (exact) mass is 372 g/mol. The number of ether oxygens (including phenoxy) is 2. The molecule has 0 aliphatic carbocycles. The van der Waals surface area contributed by atoms with Crippen LogP contribution in [0.3, 0.4) is 0 Å². The summed E-state index contributed by atoms with van der Waals surface area (Å²) in [4.78, 5) is 15.8. The number of hydrogen-bond donors (Lipinski definition) is 1. The first kappa shape index (κ1) is 17.5. The van der Waals surface area contributed by atoms with Crippen molar-refractivity contribution in [2.24, 2.45) is 0 Å². The molecule has 6 heteroatoms. The molecule has 0 bridgehead atoms. The number of anilines is 1. The summed E-state index contributed by atoms with van der Waals surface area (Å²) in [6.45, 7) is 4.57. The van der Waals surface area contributed by atoms with Gasteiger partial charge in [-0.3, -0.25) is 4.79 Å². The van der Waals surface area contributed by atoms with E-state index in [1.807, 2.05) is 24.3 Å². The van der Waals surface area contributed by atoms with Crippen molar-refractivity contribution in [3.05, 3.63) is 41.3 Å². The van der Waals surface area contributed by atoms with Crippen LogP contribution in [0.1, 0.15) is 22.5 Å². The van der Waals surface area contributed by atoms with Crippen molar-refractivity contribution in [2.45, 2.75) is 18.9 Å². The molecule has 1 amide bonds. The van der Waals surface area contributed by atoms with Crippen LogP contribution in [-0.4, -0.2) is 51.5 Å². The van der Waals surface area contributed by atoms with E-state index in [1.165, 1.54) is 0 Å². The highest BCUT2D eigenvalue weighted by Crippen LogP contribution is 2.39. The van der Waals surface area contributed by atoms with E-state index in [-0.39, 0.29) is 12.0 Å². The SMILES string of the molecule is O=C(NCC1CCCO1)c1cc(-c2ccccc2)c(N2CCOCC2)s1. The fourth-order valence-corrected chi connectivity index (χ4v) is 4.57. The zero-order chi connectivity index (χ0) is 17.8. The van der Waals surface area contributed by atoms with Crippen LogP contribution in [0.4, 0.5) is 5.00 Å². The van der Waals surface area contributed by atoms with Gasteiger partial charge in [-0.2, -0.15) is 0 Å². The maximum Gasteiger partial charge on any atom is 0.261 e. The number of carbonyl (C=O) groups is 1. The van der Waals surface area contributed by atoms with Gasteiger partial charge in [0.1, 0.15) is 0 Å². The standard InChI is InChI=1S/C20H24N2O3S/c23-19(21-14-16-7-4-10-25-16)18-13-17(15-5-2-1-3-6-15)20(26-18)22-8-11-24-12-9-22/h1-3,5-6,13,16H,4,7-12,14H2,(H,21,23). The Morgan fingerprint density at radius 2 is 2.00 bits per heavy atom. The third-order valence-corrected chi connectivity index (χ3v) is 6.03. The predicted molar refractivity (Wildman–Crippen MR) is 104 cm³/mol. The molecule has 1 atom stereocenters. The second-order valence-electron chi connectivity index (χ2n) is 6.64. The topological polar surface area (TPSA) is 50.8 Å². The normalized spacial score (nSPS) is 20.3. The highest BCUT2D eigenvalue weighted by molar-refractivity contribution is 7.18. The number of amides is 1. The molecule has 2 saturated heterocycles. The second kappa shape index (κ2) is 8.20. The van der Waals surface area contributed by atoms with Crippen molar-refractivity contribution in [3.8, 4) is 11.1 Å². The molecule has 0 radical (unpaired) electrons. The van der Waals surface area contributed by atoms with Gasteiger partial charge in [-0.1, -0.05) is 30.3 Å². The molecular formula is C20H24N2O3S. The van der Waals surface area contributed by atoms with Gasteiger partial charge in [0.25, 0.3) is 5.91 Å². The van der Waals surface area contributed by atoms with Gasteiger partial charge >= 0.3 is 0 Å². The molecule has 0 spiro atoms. The number of hydrogen-bond acceptors (Lipinski definition) is 5. The summed E-state index contributed by atoms with van der Waals surface area (Å²) in [6, 6.07) is 12.3. The maximum absolute atomic E-state index is 12.7. The molecule has 2 aliphatic rings. The molecule has 4 rings (SSSR count). The lowest BCUT2D eigenvalue weighted by molar-refractivity contribution is 0.0861. The smallest absolute Gasteiger partial charge is 0.261 e. The van der Waals surface area contributed by atoms with Gasteiger partial charge < -0.3 is 19.7 Å². The van der Waals surface area contributed by atoms with Gasteiger partial charge in [-0.05, 0) is 24.5 Å². The Morgan fingerprint density at radius 3 is 2.73 bits per heavy atom. The molecule has 3 heterocycles. The molecule has 2 fully saturated rings. The highest BCUT2D eigenvalue weighted by Gasteiger charge is 2.23. The van der Waals surface area contributed by atoms with Crippen LogP contribution in [0.15, 0.2) is 36.4 Å². The Labute approximate surface area is 157 Å². The zero-order valence-electron chi connectivity index (χ0n) is 14.8. The first-order valence-electron chi connectivity index (χ1n) is 9.23. The van der Waals surface area contributed by atoms with Gasteiger partial charge in [0.05, 0.1) is 29.2 Å². The Hall–Kier alpha value is -1.89. The largest absolute Gasteiger partial charge is 0.378 e. The molecular weight excluding hydrogens is 348 g/mol. The molecule has 1 aromatic carbocycles. The number of nitrogens with zero attached hydrogens (tertiary/aromatic N) is 1. The van der Waals surface area contributed by atoms with Crippen molar-refractivity contribution in [2.75, 3.05) is 44.4 Å². The summed E-state index contributed by atoms with van der Waals surface area (Å²) in [5.41, 5.74) is 2.27. The van der Waals surface area contributed by atoms with E-state index in [1.54, 1.807) is 11.3 Å². The fraction of sp³-hybridized carbons (Fsp3) is 0.450. The maximum atomic E-state index is 12.7. The van der Waals surface area contributed by atoms with Crippen LogP contribution in [0.5, 0.6) is 0 Å². The minimum Gasteiger partial charge on any atom is -0.378 e. The van der Waals surface area contributed by atoms with Crippen LogP contribution in [0.2, 0.25) is 0 Å². The first-order chi connectivity index (χ1) is 12.8. The van der Waals surface area contributed by atoms with Gasteiger partial charge in [0, 0.05) is 31.8 Å². The predicted octanol–water partition coefficient (Wildman–Crippen LogP) is 3.16. The molecule has 1 aromatic heterocycles. The Balaban J connectivity index is 1.56. The molecule has 1 N–H and O–H groups in total. The van der Waals surface area contributed by atoms with Crippen LogP contribution < -0.4 is 10.2 Å². The van der Waals surface area contributed by atoms with E-state index >= 15 is 0 Å². The lowest BCUT2D eigenvalue weighted by Crippen LogP contribution is -2.35. The van der Waals surface area contributed by atoms with Crippen molar-refractivity contribution in [1.29, 1.82) is 0 Å². The summed E-state index contributed by atoms with van der Waals surface area (Å²) in [5.74, 6) is -0.0119. The quantitative estimate of drug-likeness (QED) is 0.876. The number of rotatable bonds is 5. The van der Waals surface area contributed by atoms with Gasteiger partial charge in [-0.25, -0.2) is 0 Å².